The topological polar surface area (TPSA) is 51.1 Å². The fraction of sp³-hybridized carbons (Fsp3) is 0.455. The number of methoxy groups -OCH3 is 1. The van der Waals surface area contributed by atoms with E-state index in [-0.39, 0.29) is 28.9 Å². The average Bonchev–Trinajstić information content (AvgIpc) is 3.54. The predicted molar refractivity (Wildman–Crippen MR) is 110 cm³/mol. The van der Waals surface area contributed by atoms with Gasteiger partial charge in [-0.3, -0.25) is 9.79 Å². The molecule has 0 spiro atoms. The highest BCUT2D eigenvalue weighted by Crippen LogP contribution is 2.49. The lowest BCUT2D eigenvalue weighted by Gasteiger charge is -2.40. The molecule has 0 bridgehead atoms. The van der Waals surface area contributed by atoms with Crippen LogP contribution in [0.4, 0.5) is 13.2 Å². The van der Waals surface area contributed by atoms with Crippen LogP contribution in [0.2, 0.25) is 0 Å². The third kappa shape index (κ3) is 4.31. The summed E-state index contributed by atoms with van der Waals surface area (Å²) < 4.78 is 50.6. The Hall–Kier alpha value is -2.48. The summed E-state index contributed by atoms with van der Waals surface area (Å²) in [4.78, 5) is 18.3. The van der Waals surface area contributed by atoms with Gasteiger partial charge in [-0.25, -0.2) is 0 Å². The molecule has 3 aliphatic rings. The molecule has 4 rings (SSSR count). The number of esters is 1. The van der Waals surface area contributed by atoms with Crippen LogP contribution in [0.25, 0.3) is 0 Å². The van der Waals surface area contributed by atoms with Gasteiger partial charge in [-0.1, -0.05) is 23.7 Å². The van der Waals surface area contributed by atoms with Crippen molar-refractivity contribution >= 4 is 23.4 Å². The highest BCUT2D eigenvalue weighted by atomic mass is 35.5. The third-order valence-electron chi connectivity index (χ3n) is 5.86. The molecule has 166 valence electrons. The van der Waals surface area contributed by atoms with Gasteiger partial charge in [0.15, 0.2) is 0 Å². The van der Waals surface area contributed by atoms with Gasteiger partial charge in [0.2, 0.25) is 0 Å². The minimum absolute atomic E-state index is 0.00749. The molecule has 31 heavy (non-hydrogen) atoms. The van der Waals surface area contributed by atoms with Gasteiger partial charge in [0.1, 0.15) is 11.6 Å². The van der Waals surface area contributed by atoms with Crippen LogP contribution < -0.4 is 4.74 Å². The minimum atomic E-state index is -4.53. The Kier molecular flexibility index (Phi) is 5.77. The number of hydrogen-bond acceptors (Lipinski definition) is 5. The van der Waals surface area contributed by atoms with Crippen LogP contribution in [0.15, 0.2) is 52.1 Å². The molecule has 1 aromatic carbocycles. The first kappa shape index (κ1) is 21.7. The van der Waals surface area contributed by atoms with Gasteiger partial charge in [-0.05, 0) is 49.5 Å². The maximum Gasteiger partial charge on any atom is 0.417 e. The minimum Gasteiger partial charge on any atom is -0.497 e. The number of hydrogen-bond donors (Lipinski definition) is 0. The smallest absolute Gasteiger partial charge is 0.417 e. The number of carbonyl (C=O) groups is 1. The van der Waals surface area contributed by atoms with Gasteiger partial charge in [0.25, 0.3) is 0 Å². The van der Waals surface area contributed by atoms with E-state index in [1.165, 1.54) is 4.90 Å². The molecule has 5 nitrogen and oxygen atoms in total. The van der Waals surface area contributed by atoms with Crippen LogP contribution in [0.1, 0.15) is 31.4 Å². The first-order valence-corrected chi connectivity index (χ1v) is 10.4. The third-order valence-corrected chi connectivity index (χ3v) is 6.14. The van der Waals surface area contributed by atoms with Crippen LogP contribution in [-0.2, 0) is 9.53 Å². The number of carbonyl (C=O) groups excluding carboxylic acids is 1. The highest BCUT2D eigenvalue weighted by molar-refractivity contribution is 6.43. The largest absolute Gasteiger partial charge is 0.497 e. The molecule has 9 heteroatoms. The first-order valence-electron chi connectivity index (χ1n) is 10.1. The summed E-state index contributed by atoms with van der Waals surface area (Å²) in [5, 5.41) is -0.0635. The predicted octanol–water partition coefficient (Wildman–Crippen LogP) is 4.99. The number of halogens is 4. The fourth-order valence-corrected chi connectivity index (χ4v) is 4.46. The number of fused-ring (bicyclic) bond motifs is 1. The molecule has 0 N–H and O–H groups in total. The normalized spacial score (nSPS) is 27.5. The van der Waals surface area contributed by atoms with E-state index in [1.807, 2.05) is 12.1 Å². The standard InChI is InChI=1S/C22H22ClF3N2O3/c1-3-31-21(29)16-9-15(16)18-10-19(12-4-6-14(30-2)7-5-12)28-11-13(22(24,25)26)8-17(23)20(28)27-18/h4-8,11,15-16,18-19H,3,9-10H2,1-2H3. The van der Waals surface area contributed by atoms with Crippen molar-refractivity contribution in [2.45, 2.75) is 38.0 Å². The monoisotopic (exact) mass is 454 g/mol. The Morgan fingerprint density at radius 3 is 2.58 bits per heavy atom. The quantitative estimate of drug-likeness (QED) is 0.588. The molecule has 1 aromatic rings. The molecule has 1 fully saturated rings. The van der Waals surface area contributed by atoms with Crippen LogP contribution in [0.5, 0.6) is 5.75 Å². The van der Waals surface area contributed by atoms with E-state index in [0.717, 1.165) is 17.8 Å². The lowest BCUT2D eigenvalue weighted by atomic mass is 9.92. The zero-order valence-electron chi connectivity index (χ0n) is 17.0. The molecule has 2 aliphatic heterocycles. The second-order valence-electron chi connectivity index (χ2n) is 7.78. The van der Waals surface area contributed by atoms with Gasteiger partial charge < -0.3 is 14.4 Å². The number of allylic oxidation sites excluding steroid dienone is 2. The van der Waals surface area contributed by atoms with Gasteiger partial charge in [-0.2, -0.15) is 13.2 Å². The Balaban J connectivity index is 1.69. The number of nitrogens with zero attached hydrogens (tertiary/aromatic N) is 2. The summed E-state index contributed by atoms with van der Waals surface area (Å²) in [6.45, 7) is 2.06. The number of benzene rings is 1. The van der Waals surface area contributed by atoms with E-state index in [4.69, 9.17) is 21.1 Å². The Morgan fingerprint density at radius 1 is 1.26 bits per heavy atom. The number of alkyl halides is 3. The lowest BCUT2D eigenvalue weighted by molar-refractivity contribution is -0.145. The molecule has 4 unspecified atom stereocenters. The zero-order valence-corrected chi connectivity index (χ0v) is 17.8. The van der Waals surface area contributed by atoms with E-state index in [9.17, 15) is 18.0 Å². The van der Waals surface area contributed by atoms with Gasteiger partial charge in [0, 0.05) is 6.20 Å². The number of aliphatic imine (C=N–C) groups is 1. The Labute approximate surface area is 183 Å². The average molecular weight is 455 g/mol. The molecular weight excluding hydrogens is 433 g/mol. The number of rotatable bonds is 5. The molecular formula is C22H22ClF3N2O3. The molecule has 0 aromatic heterocycles. The van der Waals surface area contributed by atoms with Crippen molar-refractivity contribution in [2.24, 2.45) is 16.8 Å². The second-order valence-corrected chi connectivity index (χ2v) is 8.19. The Morgan fingerprint density at radius 2 is 1.97 bits per heavy atom. The SMILES string of the molecule is CCOC(=O)C1CC1C1CC(c2ccc(OC)cc2)N2C=C(C(F)(F)F)C=C(Cl)C2=N1. The molecule has 0 amide bonds. The number of amidine groups is 1. The summed E-state index contributed by atoms with van der Waals surface area (Å²) in [6, 6.07) is 6.54. The molecule has 4 atom stereocenters. The lowest BCUT2D eigenvalue weighted by Crippen LogP contribution is -2.41. The highest BCUT2D eigenvalue weighted by Gasteiger charge is 2.51. The first-order chi connectivity index (χ1) is 14.7. The van der Waals surface area contributed by atoms with E-state index >= 15 is 0 Å². The molecule has 1 aliphatic carbocycles. The van der Waals surface area contributed by atoms with Crippen molar-refractivity contribution in [3.63, 3.8) is 0 Å². The van der Waals surface area contributed by atoms with Gasteiger partial charge >= 0.3 is 12.1 Å². The van der Waals surface area contributed by atoms with Crippen LogP contribution in [-0.4, -0.2) is 42.6 Å². The van der Waals surface area contributed by atoms with Crippen molar-refractivity contribution in [3.05, 3.63) is 52.7 Å². The van der Waals surface area contributed by atoms with Crippen molar-refractivity contribution < 1.29 is 27.4 Å². The van der Waals surface area contributed by atoms with E-state index in [1.54, 1.807) is 26.2 Å². The van der Waals surface area contributed by atoms with Crippen LogP contribution in [0.3, 0.4) is 0 Å². The van der Waals surface area contributed by atoms with Crippen LogP contribution in [0, 0.1) is 11.8 Å². The van der Waals surface area contributed by atoms with Gasteiger partial charge in [0.05, 0.1) is 42.3 Å². The zero-order chi connectivity index (χ0) is 22.3. The maximum absolute atomic E-state index is 13.4. The van der Waals surface area contributed by atoms with E-state index in [0.29, 0.717) is 31.0 Å². The van der Waals surface area contributed by atoms with Crippen LogP contribution >= 0.6 is 11.6 Å². The van der Waals surface area contributed by atoms with E-state index in [2.05, 4.69) is 4.99 Å². The summed E-state index contributed by atoms with van der Waals surface area (Å²) in [5.41, 5.74) is -0.0140. The summed E-state index contributed by atoms with van der Waals surface area (Å²) in [7, 11) is 1.55. The summed E-state index contributed by atoms with van der Waals surface area (Å²) >= 11 is 6.27. The summed E-state index contributed by atoms with van der Waals surface area (Å²) in [5.74, 6) is 0.455. The molecule has 2 heterocycles. The number of ether oxygens (including phenoxy) is 2. The molecule has 0 radical (unpaired) electrons. The molecule has 0 saturated heterocycles. The summed E-state index contributed by atoms with van der Waals surface area (Å²) in [6.07, 6.45) is -1.45. The van der Waals surface area contributed by atoms with E-state index < -0.39 is 17.8 Å². The Bertz CT molecular complexity index is 956. The second kappa shape index (κ2) is 8.22. The molecule has 1 saturated carbocycles. The van der Waals surface area contributed by atoms with Crippen molar-refractivity contribution in [1.29, 1.82) is 0 Å². The maximum atomic E-state index is 13.4. The van der Waals surface area contributed by atoms with Crippen molar-refractivity contribution in [3.8, 4) is 5.75 Å². The van der Waals surface area contributed by atoms with Crippen molar-refractivity contribution in [2.75, 3.05) is 13.7 Å². The van der Waals surface area contributed by atoms with Gasteiger partial charge in [-0.15, -0.1) is 0 Å². The fourth-order valence-electron chi connectivity index (χ4n) is 4.20. The van der Waals surface area contributed by atoms with Crippen molar-refractivity contribution in [1.82, 2.24) is 4.90 Å².